The maximum Gasteiger partial charge on any atom is 0.340 e. The Labute approximate surface area is 156 Å². The van der Waals surface area contributed by atoms with Crippen molar-refractivity contribution in [1.82, 2.24) is 0 Å². The molecule has 0 spiro atoms. The Kier molecular flexibility index (Phi) is 5.03. The topological polar surface area (TPSA) is 78.2 Å². The summed E-state index contributed by atoms with van der Waals surface area (Å²) in [5.74, 6) is 0.507. The second-order valence-electron chi connectivity index (χ2n) is 5.71. The van der Waals surface area contributed by atoms with E-state index < -0.39 is 5.97 Å². The predicted molar refractivity (Wildman–Crippen MR) is 98.4 cm³/mol. The van der Waals surface area contributed by atoms with Crippen LogP contribution in [0.1, 0.15) is 12.7 Å². The minimum absolute atomic E-state index is 0.189. The lowest BCUT2D eigenvalue weighted by Gasteiger charge is -2.19. The van der Waals surface area contributed by atoms with Gasteiger partial charge in [-0.2, -0.15) is 0 Å². The van der Waals surface area contributed by atoms with E-state index in [9.17, 15) is 9.59 Å². The molecule has 3 rings (SSSR count). The Bertz CT molecular complexity index is 939. The first-order valence-electron chi connectivity index (χ1n) is 8.13. The van der Waals surface area contributed by atoms with Gasteiger partial charge >= 0.3 is 5.97 Å². The van der Waals surface area contributed by atoms with Crippen molar-refractivity contribution in [2.24, 2.45) is 0 Å². The van der Waals surface area contributed by atoms with Gasteiger partial charge in [0.1, 0.15) is 5.76 Å². The standard InChI is InChI=1S/C20H19NO6/c1-12-18(20(23)26-4)15(11-14-6-5-9-27-14)19(22)21(12)13-7-8-16(24-2)17(10-13)25-3/h5-11H,1-4H3/b15-11-. The first-order chi connectivity index (χ1) is 13.0. The molecule has 0 radical (unpaired) electrons. The summed E-state index contributed by atoms with van der Waals surface area (Å²) in [4.78, 5) is 26.9. The highest BCUT2D eigenvalue weighted by Crippen LogP contribution is 2.39. The summed E-state index contributed by atoms with van der Waals surface area (Å²) in [6.07, 6.45) is 3.02. The number of methoxy groups -OCH3 is 3. The number of hydrogen-bond acceptors (Lipinski definition) is 6. The molecule has 0 saturated heterocycles. The average molecular weight is 369 g/mol. The first kappa shape index (κ1) is 18.3. The van der Waals surface area contributed by atoms with Crippen LogP contribution in [0.5, 0.6) is 11.5 Å². The molecule has 0 fully saturated rings. The van der Waals surface area contributed by atoms with Gasteiger partial charge in [0.2, 0.25) is 0 Å². The number of benzene rings is 1. The summed E-state index contributed by atoms with van der Waals surface area (Å²) in [6, 6.07) is 8.48. The van der Waals surface area contributed by atoms with Crippen molar-refractivity contribution in [3.8, 4) is 11.5 Å². The SMILES string of the molecule is COC(=O)C1=C(C)N(c2ccc(OC)c(OC)c2)C(=O)/C1=C\c1ccco1. The number of anilines is 1. The number of amides is 1. The zero-order valence-corrected chi connectivity index (χ0v) is 15.4. The van der Waals surface area contributed by atoms with Gasteiger partial charge in [0.25, 0.3) is 5.91 Å². The van der Waals surface area contributed by atoms with E-state index in [1.54, 1.807) is 37.3 Å². The van der Waals surface area contributed by atoms with Crippen molar-refractivity contribution in [2.45, 2.75) is 6.92 Å². The van der Waals surface area contributed by atoms with Crippen molar-refractivity contribution < 1.29 is 28.2 Å². The van der Waals surface area contributed by atoms with E-state index in [-0.39, 0.29) is 17.1 Å². The van der Waals surface area contributed by atoms with Crippen LogP contribution in [0.25, 0.3) is 6.08 Å². The number of allylic oxidation sites excluding steroid dienone is 1. The number of ether oxygens (including phenoxy) is 3. The fourth-order valence-electron chi connectivity index (χ4n) is 2.97. The molecule has 2 heterocycles. The maximum atomic E-state index is 13.1. The van der Waals surface area contributed by atoms with E-state index in [0.29, 0.717) is 28.6 Å². The van der Waals surface area contributed by atoms with E-state index in [4.69, 9.17) is 18.6 Å². The lowest BCUT2D eigenvalue weighted by molar-refractivity contribution is -0.136. The number of carbonyl (C=O) groups is 2. The summed E-state index contributed by atoms with van der Waals surface area (Å²) in [5.41, 5.74) is 1.38. The average Bonchev–Trinajstić information content (AvgIpc) is 3.27. The number of esters is 1. The molecule has 0 N–H and O–H groups in total. The Balaban J connectivity index is 2.13. The van der Waals surface area contributed by atoms with Crippen molar-refractivity contribution in [2.75, 3.05) is 26.2 Å². The summed E-state index contributed by atoms with van der Waals surface area (Å²) >= 11 is 0. The van der Waals surface area contributed by atoms with Gasteiger partial charge in [0.05, 0.1) is 44.4 Å². The molecule has 0 unspecified atom stereocenters. The van der Waals surface area contributed by atoms with E-state index >= 15 is 0 Å². The molecule has 7 nitrogen and oxygen atoms in total. The molecular formula is C20H19NO6. The lowest BCUT2D eigenvalue weighted by Crippen LogP contribution is -2.24. The minimum atomic E-state index is -0.596. The van der Waals surface area contributed by atoms with Crippen molar-refractivity contribution in [3.63, 3.8) is 0 Å². The fraction of sp³-hybridized carbons (Fsp3) is 0.200. The van der Waals surface area contributed by atoms with E-state index in [1.165, 1.54) is 38.6 Å². The van der Waals surface area contributed by atoms with Crippen LogP contribution < -0.4 is 14.4 Å². The second-order valence-corrected chi connectivity index (χ2v) is 5.71. The lowest BCUT2D eigenvalue weighted by atomic mass is 10.1. The fourth-order valence-corrected chi connectivity index (χ4v) is 2.97. The Morgan fingerprint density at radius 2 is 1.85 bits per heavy atom. The van der Waals surface area contributed by atoms with Gasteiger partial charge in [-0.05, 0) is 37.3 Å². The highest BCUT2D eigenvalue weighted by molar-refractivity contribution is 6.23. The molecule has 0 aliphatic carbocycles. The van der Waals surface area contributed by atoms with Gasteiger partial charge in [-0.15, -0.1) is 0 Å². The van der Waals surface area contributed by atoms with Gasteiger partial charge in [-0.25, -0.2) is 4.79 Å². The van der Waals surface area contributed by atoms with Crippen LogP contribution in [-0.2, 0) is 14.3 Å². The molecule has 1 aromatic carbocycles. The number of carbonyl (C=O) groups excluding carboxylic acids is 2. The molecular weight excluding hydrogens is 350 g/mol. The number of nitrogens with zero attached hydrogens (tertiary/aromatic N) is 1. The Hall–Kier alpha value is -3.48. The molecule has 140 valence electrons. The summed E-state index contributed by atoms with van der Waals surface area (Å²) in [7, 11) is 4.32. The minimum Gasteiger partial charge on any atom is -0.493 e. The zero-order valence-electron chi connectivity index (χ0n) is 15.4. The number of rotatable bonds is 5. The third kappa shape index (κ3) is 3.19. The van der Waals surface area contributed by atoms with Crippen LogP contribution >= 0.6 is 0 Å². The van der Waals surface area contributed by atoms with Crippen molar-refractivity contribution in [1.29, 1.82) is 0 Å². The Morgan fingerprint density at radius 1 is 1.11 bits per heavy atom. The van der Waals surface area contributed by atoms with Crippen LogP contribution in [0.4, 0.5) is 5.69 Å². The molecule has 7 heteroatoms. The first-order valence-corrected chi connectivity index (χ1v) is 8.13. The van der Waals surface area contributed by atoms with Gasteiger partial charge in [-0.3, -0.25) is 9.69 Å². The predicted octanol–water partition coefficient (Wildman–Crippen LogP) is 3.17. The van der Waals surface area contributed by atoms with Gasteiger partial charge < -0.3 is 18.6 Å². The monoisotopic (exact) mass is 369 g/mol. The van der Waals surface area contributed by atoms with Crippen molar-refractivity contribution in [3.05, 3.63) is 59.2 Å². The Morgan fingerprint density at radius 3 is 2.44 bits per heavy atom. The molecule has 27 heavy (non-hydrogen) atoms. The molecule has 1 aromatic heterocycles. The van der Waals surface area contributed by atoms with Gasteiger partial charge in [0, 0.05) is 11.8 Å². The molecule has 0 atom stereocenters. The normalized spacial score (nSPS) is 15.5. The third-order valence-corrected chi connectivity index (χ3v) is 4.24. The van der Waals surface area contributed by atoms with E-state index in [1.807, 2.05) is 0 Å². The zero-order chi connectivity index (χ0) is 19.6. The number of furan rings is 1. The largest absolute Gasteiger partial charge is 0.493 e. The molecule has 1 aliphatic rings. The van der Waals surface area contributed by atoms with Gasteiger partial charge in [0.15, 0.2) is 11.5 Å². The van der Waals surface area contributed by atoms with E-state index in [2.05, 4.69) is 0 Å². The number of hydrogen-bond donors (Lipinski definition) is 0. The highest BCUT2D eigenvalue weighted by Gasteiger charge is 2.38. The molecule has 2 aromatic rings. The molecule has 1 amide bonds. The third-order valence-electron chi connectivity index (χ3n) is 4.24. The van der Waals surface area contributed by atoms with Crippen LogP contribution in [0.3, 0.4) is 0 Å². The van der Waals surface area contributed by atoms with E-state index in [0.717, 1.165) is 0 Å². The maximum absolute atomic E-state index is 13.1. The van der Waals surface area contributed by atoms with Crippen molar-refractivity contribution >= 4 is 23.6 Å². The smallest absolute Gasteiger partial charge is 0.340 e. The molecule has 0 bridgehead atoms. The van der Waals surface area contributed by atoms with Crippen LogP contribution in [0.2, 0.25) is 0 Å². The van der Waals surface area contributed by atoms with Gasteiger partial charge in [-0.1, -0.05) is 0 Å². The highest BCUT2D eigenvalue weighted by atomic mass is 16.5. The van der Waals surface area contributed by atoms with Crippen LogP contribution in [0.15, 0.2) is 57.9 Å². The summed E-state index contributed by atoms with van der Waals surface area (Å²) in [6.45, 7) is 1.68. The molecule has 1 aliphatic heterocycles. The van der Waals surface area contributed by atoms with Crippen LogP contribution in [-0.4, -0.2) is 33.2 Å². The summed E-state index contributed by atoms with van der Waals surface area (Å²) < 4.78 is 20.7. The van der Waals surface area contributed by atoms with Crippen LogP contribution in [0, 0.1) is 0 Å². The quantitative estimate of drug-likeness (QED) is 0.595. The molecule has 0 saturated carbocycles. The second kappa shape index (κ2) is 7.41. The summed E-state index contributed by atoms with van der Waals surface area (Å²) in [5, 5.41) is 0.